The maximum Gasteiger partial charge on any atom is 0.270 e. The molecular formula is C22H18N2O2. The first-order valence-electron chi connectivity index (χ1n) is 8.63. The van der Waals surface area contributed by atoms with E-state index in [1.165, 1.54) is 0 Å². The van der Waals surface area contributed by atoms with Crippen molar-refractivity contribution in [1.29, 1.82) is 0 Å². The zero-order chi connectivity index (χ0) is 18.1. The number of nitro groups is 1. The third-order valence-corrected chi connectivity index (χ3v) is 4.64. The Morgan fingerprint density at radius 3 is 2.54 bits per heavy atom. The molecule has 4 heteroatoms. The van der Waals surface area contributed by atoms with Crippen LogP contribution in [0.15, 0.2) is 73.0 Å². The first-order valence-corrected chi connectivity index (χ1v) is 8.63. The van der Waals surface area contributed by atoms with E-state index in [4.69, 9.17) is 0 Å². The van der Waals surface area contributed by atoms with Crippen molar-refractivity contribution in [2.24, 2.45) is 0 Å². The Labute approximate surface area is 152 Å². The Kier molecular flexibility index (Phi) is 4.01. The summed E-state index contributed by atoms with van der Waals surface area (Å²) >= 11 is 0. The van der Waals surface area contributed by atoms with Crippen molar-refractivity contribution in [3.05, 3.63) is 99.8 Å². The molecule has 1 aliphatic heterocycles. The lowest BCUT2D eigenvalue weighted by atomic mass is 9.99. The van der Waals surface area contributed by atoms with Crippen molar-refractivity contribution in [2.45, 2.75) is 13.3 Å². The minimum atomic E-state index is -0.336. The molecule has 2 aromatic carbocycles. The van der Waals surface area contributed by atoms with E-state index >= 15 is 0 Å². The standard InChI is InChI=1S/C22H18N2O2/c1-2-6-17-20-13-15(22-7-4-3-5-12-23-22)8-10-18(20)19-11-9-16(24(25)26)14-21(17)19/h3-14,23H,2H2,1H3. The highest BCUT2D eigenvalue weighted by Gasteiger charge is 2.25. The Balaban J connectivity index is 1.86. The quantitative estimate of drug-likeness (QED) is 0.510. The summed E-state index contributed by atoms with van der Waals surface area (Å²) < 4.78 is 0. The van der Waals surface area contributed by atoms with Crippen molar-refractivity contribution in [3.8, 4) is 11.1 Å². The van der Waals surface area contributed by atoms with Gasteiger partial charge in [-0.25, -0.2) is 0 Å². The smallest absolute Gasteiger partial charge is 0.270 e. The lowest BCUT2D eigenvalue weighted by molar-refractivity contribution is -0.384. The van der Waals surface area contributed by atoms with Crippen LogP contribution in [-0.4, -0.2) is 4.92 Å². The Morgan fingerprint density at radius 1 is 1.00 bits per heavy atom. The Morgan fingerprint density at radius 2 is 1.77 bits per heavy atom. The van der Waals surface area contributed by atoms with Crippen molar-refractivity contribution in [3.63, 3.8) is 0 Å². The van der Waals surface area contributed by atoms with Crippen molar-refractivity contribution in [1.82, 2.24) is 5.32 Å². The SMILES string of the molecule is CCC=C1c2cc(C3=CC=CC=CN3)ccc2-c2ccc([N+](=O)[O-])cc21. The minimum absolute atomic E-state index is 0.127. The largest absolute Gasteiger partial charge is 0.361 e. The van der Waals surface area contributed by atoms with Gasteiger partial charge in [-0.1, -0.05) is 37.3 Å². The number of nitrogens with zero attached hydrogens (tertiary/aromatic N) is 1. The van der Waals surface area contributed by atoms with Crippen LogP contribution >= 0.6 is 0 Å². The minimum Gasteiger partial charge on any atom is -0.361 e. The van der Waals surface area contributed by atoms with E-state index in [-0.39, 0.29) is 10.6 Å². The molecule has 0 saturated heterocycles. The molecule has 1 N–H and O–H groups in total. The van der Waals surface area contributed by atoms with E-state index < -0.39 is 0 Å². The second kappa shape index (κ2) is 6.48. The van der Waals surface area contributed by atoms with Crippen LogP contribution in [0.4, 0.5) is 5.69 Å². The third kappa shape index (κ3) is 2.65. The summed E-state index contributed by atoms with van der Waals surface area (Å²) in [4.78, 5) is 10.9. The number of nitro benzene ring substituents is 1. The van der Waals surface area contributed by atoms with Gasteiger partial charge in [-0.15, -0.1) is 0 Å². The number of benzene rings is 2. The van der Waals surface area contributed by atoms with E-state index in [0.29, 0.717) is 0 Å². The highest BCUT2D eigenvalue weighted by Crippen LogP contribution is 2.46. The fourth-order valence-electron chi connectivity index (χ4n) is 3.48. The van der Waals surface area contributed by atoms with Crippen LogP contribution in [0.5, 0.6) is 0 Å². The van der Waals surface area contributed by atoms with Crippen LogP contribution in [-0.2, 0) is 0 Å². The van der Waals surface area contributed by atoms with Gasteiger partial charge in [0, 0.05) is 24.0 Å². The molecule has 26 heavy (non-hydrogen) atoms. The van der Waals surface area contributed by atoms with Gasteiger partial charge in [0.05, 0.1) is 4.92 Å². The monoisotopic (exact) mass is 342 g/mol. The van der Waals surface area contributed by atoms with E-state index in [0.717, 1.165) is 45.5 Å². The number of non-ortho nitro benzene ring substituents is 1. The lowest BCUT2D eigenvalue weighted by Gasteiger charge is -2.10. The predicted molar refractivity (Wildman–Crippen MR) is 105 cm³/mol. The van der Waals surface area contributed by atoms with Crippen LogP contribution in [0, 0.1) is 10.1 Å². The van der Waals surface area contributed by atoms with Crippen LogP contribution in [0.2, 0.25) is 0 Å². The van der Waals surface area contributed by atoms with Gasteiger partial charge in [-0.05, 0) is 64.1 Å². The molecule has 0 unspecified atom stereocenters. The van der Waals surface area contributed by atoms with Gasteiger partial charge < -0.3 is 5.32 Å². The summed E-state index contributed by atoms with van der Waals surface area (Å²) in [6.45, 7) is 2.08. The maximum absolute atomic E-state index is 11.2. The molecule has 128 valence electrons. The summed E-state index contributed by atoms with van der Waals surface area (Å²) in [5, 5.41) is 14.5. The molecule has 4 rings (SSSR count). The predicted octanol–water partition coefficient (Wildman–Crippen LogP) is 5.43. The molecule has 0 bridgehead atoms. The molecule has 1 heterocycles. The van der Waals surface area contributed by atoms with Gasteiger partial charge in [0.1, 0.15) is 0 Å². The number of hydrogen-bond donors (Lipinski definition) is 1. The average molecular weight is 342 g/mol. The van der Waals surface area contributed by atoms with Gasteiger partial charge in [0.15, 0.2) is 0 Å². The fraction of sp³-hybridized carbons (Fsp3) is 0.0909. The van der Waals surface area contributed by atoms with E-state index in [1.54, 1.807) is 12.1 Å². The van der Waals surface area contributed by atoms with Crippen LogP contribution in [0.3, 0.4) is 0 Å². The van der Waals surface area contributed by atoms with Gasteiger partial charge in [0.2, 0.25) is 0 Å². The summed E-state index contributed by atoms with van der Waals surface area (Å²) in [6.07, 6.45) is 12.9. The summed E-state index contributed by atoms with van der Waals surface area (Å²) in [5.74, 6) is 0. The topological polar surface area (TPSA) is 55.2 Å². The molecule has 1 aliphatic carbocycles. The molecule has 4 nitrogen and oxygen atoms in total. The van der Waals surface area contributed by atoms with Crippen molar-refractivity contribution >= 4 is 17.0 Å². The van der Waals surface area contributed by atoms with Crippen molar-refractivity contribution < 1.29 is 4.92 Å². The fourth-order valence-corrected chi connectivity index (χ4v) is 3.48. The molecule has 0 fully saturated rings. The number of hydrogen-bond acceptors (Lipinski definition) is 3. The lowest BCUT2D eigenvalue weighted by Crippen LogP contribution is -2.03. The van der Waals surface area contributed by atoms with Crippen molar-refractivity contribution in [2.75, 3.05) is 0 Å². The van der Waals surface area contributed by atoms with E-state index in [2.05, 4.69) is 36.5 Å². The number of nitrogens with one attached hydrogen (secondary N) is 1. The van der Waals surface area contributed by atoms with Crippen LogP contribution in [0.25, 0.3) is 22.4 Å². The van der Waals surface area contributed by atoms with Gasteiger partial charge in [-0.2, -0.15) is 0 Å². The molecule has 0 amide bonds. The molecule has 0 aromatic heterocycles. The third-order valence-electron chi connectivity index (χ3n) is 4.64. The zero-order valence-electron chi connectivity index (χ0n) is 14.4. The summed E-state index contributed by atoms with van der Waals surface area (Å²) in [5.41, 5.74) is 7.55. The van der Waals surface area contributed by atoms with Crippen LogP contribution in [0.1, 0.15) is 30.0 Å². The first kappa shape index (κ1) is 16.1. The second-order valence-corrected chi connectivity index (χ2v) is 6.24. The Bertz CT molecular complexity index is 1030. The molecule has 0 spiro atoms. The van der Waals surface area contributed by atoms with Gasteiger partial charge >= 0.3 is 0 Å². The molecule has 0 atom stereocenters. The highest BCUT2D eigenvalue weighted by molar-refractivity contribution is 6.02. The number of rotatable bonds is 3. The van der Waals surface area contributed by atoms with E-state index in [1.807, 2.05) is 36.6 Å². The Hall–Kier alpha value is -3.40. The molecule has 2 aliphatic rings. The van der Waals surface area contributed by atoms with Crippen LogP contribution < -0.4 is 5.32 Å². The van der Waals surface area contributed by atoms with E-state index in [9.17, 15) is 10.1 Å². The number of allylic oxidation sites excluding steroid dienone is 5. The summed E-state index contributed by atoms with van der Waals surface area (Å²) in [7, 11) is 0. The first-order chi connectivity index (χ1) is 12.7. The summed E-state index contributed by atoms with van der Waals surface area (Å²) in [6, 6.07) is 11.5. The molecule has 0 saturated carbocycles. The number of fused-ring (bicyclic) bond motifs is 3. The maximum atomic E-state index is 11.2. The average Bonchev–Trinajstić information content (AvgIpc) is 2.81. The van der Waals surface area contributed by atoms with Gasteiger partial charge in [0.25, 0.3) is 5.69 Å². The van der Waals surface area contributed by atoms with Gasteiger partial charge in [-0.3, -0.25) is 10.1 Å². The molecular weight excluding hydrogens is 324 g/mol. The molecule has 2 aromatic rings. The normalized spacial score (nSPS) is 15.9. The zero-order valence-corrected chi connectivity index (χ0v) is 14.4. The highest BCUT2D eigenvalue weighted by atomic mass is 16.6. The molecule has 0 radical (unpaired) electrons. The second-order valence-electron chi connectivity index (χ2n) is 6.24.